The molecule has 0 radical (unpaired) electrons. The summed E-state index contributed by atoms with van der Waals surface area (Å²) in [6, 6.07) is 23.8. The number of carbonyl (C=O) groups excluding carboxylic acids is 2. The molecule has 5 nitrogen and oxygen atoms in total. The monoisotopic (exact) mass is 436 g/mol. The van der Waals surface area contributed by atoms with Crippen molar-refractivity contribution >= 4 is 23.7 Å². The van der Waals surface area contributed by atoms with E-state index in [1.54, 1.807) is 0 Å². The second-order valence-electron chi connectivity index (χ2n) is 9.13. The summed E-state index contributed by atoms with van der Waals surface area (Å²) in [5.41, 5.74) is 5.06. The number of carbonyl (C=O) groups is 2. The van der Waals surface area contributed by atoms with Gasteiger partial charge in [-0.05, 0) is 41.3 Å². The fourth-order valence-corrected chi connectivity index (χ4v) is 6.26. The van der Waals surface area contributed by atoms with Crippen molar-refractivity contribution in [2.24, 2.45) is 16.8 Å². The van der Waals surface area contributed by atoms with Crippen LogP contribution in [-0.4, -0.2) is 36.3 Å². The van der Waals surface area contributed by atoms with E-state index >= 15 is 0 Å². The first-order valence-corrected chi connectivity index (χ1v) is 11.3. The van der Waals surface area contributed by atoms with Crippen LogP contribution < -0.4 is 4.90 Å². The Labute approximate surface area is 192 Å². The Morgan fingerprint density at radius 2 is 1.52 bits per heavy atom. The zero-order valence-corrected chi connectivity index (χ0v) is 18.3. The molecule has 0 saturated carbocycles. The molecule has 1 N–H and O–H groups in total. The van der Waals surface area contributed by atoms with E-state index in [4.69, 9.17) is 0 Å². The van der Waals surface area contributed by atoms with E-state index in [0.29, 0.717) is 5.69 Å². The van der Waals surface area contributed by atoms with Crippen LogP contribution in [0.15, 0.2) is 77.8 Å². The van der Waals surface area contributed by atoms with E-state index in [1.807, 2.05) is 61.7 Å². The van der Waals surface area contributed by atoms with Gasteiger partial charge in [0.25, 0.3) is 0 Å². The Kier molecular flexibility index (Phi) is 4.39. The number of rotatable bonds is 4. The number of benzene rings is 3. The van der Waals surface area contributed by atoms with Crippen molar-refractivity contribution < 1.29 is 14.7 Å². The topological polar surface area (TPSA) is 70.0 Å². The minimum atomic E-state index is -0.853. The molecule has 33 heavy (non-hydrogen) atoms. The predicted octanol–water partition coefficient (Wildman–Crippen LogP) is 3.61. The van der Waals surface area contributed by atoms with Gasteiger partial charge in [0.15, 0.2) is 0 Å². The van der Waals surface area contributed by atoms with Gasteiger partial charge in [-0.15, -0.1) is 0 Å². The smallest absolute Gasteiger partial charge is 0.239 e. The molecule has 3 aromatic rings. The second-order valence-corrected chi connectivity index (χ2v) is 9.13. The number of hydrogen-bond acceptors (Lipinski definition) is 4. The zero-order valence-electron chi connectivity index (χ0n) is 18.3. The van der Waals surface area contributed by atoms with Gasteiger partial charge in [-0.3, -0.25) is 14.6 Å². The van der Waals surface area contributed by atoms with E-state index in [-0.39, 0.29) is 30.9 Å². The van der Waals surface area contributed by atoms with Gasteiger partial charge in [0.1, 0.15) is 0 Å². The summed E-state index contributed by atoms with van der Waals surface area (Å²) in [6.07, 6.45) is 1.83. The molecular formula is C28H24N2O3. The highest BCUT2D eigenvalue weighted by molar-refractivity contribution is 6.25. The first-order valence-electron chi connectivity index (χ1n) is 11.3. The first kappa shape index (κ1) is 20.1. The maximum Gasteiger partial charge on any atom is 0.239 e. The molecule has 2 bridgehead atoms. The highest BCUT2D eigenvalue weighted by atomic mass is 16.3. The van der Waals surface area contributed by atoms with Crippen molar-refractivity contribution in [3.8, 4) is 0 Å². The molecule has 1 saturated heterocycles. The standard InChI is InChI=1S/C28H24N2O3/c1-17-10-12-18(13-11-17)30-26(32)24-23-19-6-2-4-8-21(19)28(16-29-14-15-31,25(24)27(30)33)22-9-5-3-7-20(22)23/h2-13,16,23-25,31H,14-15H2,1H3/t23?,24-,25+,28?/m1/s1. The van der Waals surface area contributed by atoms with Crippen LogP contribution in [0.2, 0.25) is 0 Å². The summed E-state index contributed by atoms with van der Waals surface area (Å²) in [4.78, 5) is 33.9. The molecule has 0 unspecified atom stereocenters. The van der Waals surface area contributed by atoms with E-state index in [0.717, 1.165) is 27.8 Å². The summed E-state index contributed by atoms with van der Waals surface area (Å²) in [5.74, 6) is -1.59. The molecule has 1 fully saturated rings. The summed E-state index contributed by atoms with van der Waals surface area (Å²) in [6.45, 7) is 2.16. The fraction of sp³-hybridized carbons (Fsp3) is 0.250. The third-order valence-corrected chi connectivity index (χ3v) is 7.50. The van der Waals surface area contributed by atoms with Gasteiger partial charge in [-0.1, -0.05) is 66.2 Å². The number of aliphatic hydroxyl groups excluding tert-OH is 1. The Morgan fingerprint density at radius 1 is 0.909 bits per heavy atom. The molecule has 2 atom stereocenters. The van der Waals surface area contributed by atoms with E-state index in [9.17, 15) is 14.7 Å². The number of imide groups is 1. The largest absolute Gasteiger partial charge is 0.394 e. The number of aryl methyl sites for hydroxylation is 1. The fourth-order valence-electron chi connectivity index (χ4n) is 6.26. The van der Waals surface area contributed by atoms with E-state index in [1.165, 1.54) is 4.90 Å². The number of aliphatic imine (C=N–C) groups is 1. The molecule has 3 aromatic carbocycles. The van der Waals surface area contributed by atoms with Crippen molar-refractivity contribution in [3.05, 3.63) is 101 Å². The van der Waals surface area contributed by atoms with Gasteiger partial charge in [0.2, 0.25) is 11.8 Å². The summed E-state index contributed by atoms with van der Waals surface area (Å²) in [7, 11) is 0. The molecule has 1 aliphatic heterocycles. The molecule has 7 rings (SSSR count). The molecule has 164 valence electrons. The summed E-state index contributed by atoms with van der Waals surface area (Å²) < 4.78 is 0. The van der Waals surface area contributed by atoms with Gasteiger partial charge in [-0.2, -0.15) is 0 Å². The van der Waals surface area contributed by atoms with Crippen LogP contribution in [0.5, 0.6) is 0 Å². The van der Waals surface area contributed by atoms with Gasteiger partial charge >= 0.3 is 0 Å². The number of aliphatic hydroxyl groups is 1. The van der Waals surface area contributed by atoms with E-state index < -0.39 is 17.3 Å². The third-order valence-electron chi connectivity index (χ3n) is 7.50. The van der Waals surface area contributed by atoms with Crippen LogP contribution in [0.4, 0.5) is 5.69 Å². The minimum Gasteiger partial charge on any atom is -0.394 e. The molecular weight excluding hydrogens is 412 g/mol. The summed E-state index contributed by atoms with van der Waals surface area (Å²) in [5, 5.41) is 9.40. The maximum absolute atomic E-state index is 14.1. The van der Waals surface area contributed by atoms with Crippen molar-refractivity contribution in [1.29, 1.82) is 0 Å². The van der Waals surface area contributed by atoms with Crippen LogP contribution in [-0.2, 0) is 15.0 Å². The maximum atomic E-state index is 14.1. The predicted molar refractivity (Wildman–Crippen MR) is 127 cm³/mol. The van der Waals surface area contributed by atoms with Crippen LogP contribution in [0.3, 0.4) is 0 Å². The Morgan fingerprint density at radius 3 is 2.12 bits per heavy atom. The van der Waals surface area contributed by atoms with Crippen LogP contribution >= 0.6 is 0 Å². The average Bonchev–Trinajstić information content (AvgIpc) is 3.11. The number of amides is 2. The van der Waals surface area contributed by atoms with Crippen LogP contribution in [0.1, 0.15) is 33.7 Å². The molecule has 0 aromatic heterocycles. The van der Waals surface area contributed by atoms with Crippen molar-refractivity contribution in [3.63, 3.8) is 0 Å². The summed E-state index contributed by atoms with van der Waals surface area (Å²) >= 11 is 0. The second kappa shape index (κ2) is 7.22. The van der Waals surface area contributed by atoms with Crippen molar-refractivity contribution in [2.75, 3.05) is 18.1 Å². The highest BCUT2D eigenvalue weighted by Gasteiger charge is 2.67. The van der Waals surface area contributed by atoms with Gasteiger partial charge in [-0.25, -0.2) is 4.90 Å². The third kappa shape index (κ3) is 2.54. The lowest BCUT2D eigenvalue weighted by Gasteiger charge is -2.52. The molecule has 5 heteroatoms. The van der Waals surface area contributed by atoms with Gasteiger partial charge in [0, 0.05) is 12.1 Å². The Bertz CT molecular complexity index is 1260. The highest BCUT2D eigenvalue weighted by Crippen LogP contribution is 2.63. The number of hydrogen-bond donors (Lipinski definition) is 1. The lowest BCUT2D eigenvalue weighted by molar-refractivity contribution is -0.122. The number of anilines is 1. The lowest BCUT2D eigenvalue weighted by Crippen LogP contribution is -2.54. The minimum absolute atomic E-state index is 0.0744. The Balaban J connectivity index is 1.63. The van der Waals surface area contributed by atoms with Crippen molar-refractivity contribution in [2.45, 2.75) is 18.3 Å². The molecule has 0 spiro atoms. The normalized spacial score (nSPS) is 27.1. The molecule has 4 aliphatic rings. The number of nitrogens with zero attached hydrogens (tertiary/aromatic N) is 2. The molecule has 2 amide bonds. The quantitative estimate of drug-likeness (QED) is 0.502. The van der Waals surface area contributed by atoms with Crippen LogP contribution in [0, 0.1) is 18.8 Å². The van der Waals surface area contributed by atoms with E-state index in [2.05, 4.69) is 29.3 Å². The average molecular weight is 437 g/mol. The van der Waals surface area contributed by atoms with Gasteiger partial charge < -0.3 is 5.11 Å². The van der Waals surface area contributed by atoms with Crippen LogP contribution in [0.25, 0.3) is 0 Å². The zero-order chi connectivity index (χ0) is 22.7. The SMILES string of the molecule is Cc1ccc(N2C(=O)[C@@H]3C4c5ccccc5C(C=NCCO)(c5ccccc54)[C@@H]3C2=O)cc1. The lowest BCUT2D eigenvalue weighted by atomic mass is 9.47. The Hall–Kier alpha value is -3.57. The molecule has 3 aliphatic carbocycles. The van der Waals surface area contributed by atoms with Gasteiger partial charge in [0.05, 0.1) is 36.1 Å². The molecule has 1 heterocycles. The van der Waals surface area contributed by atoms with Crippen molar-refractivity contribution in [1.82, 2.24) is 0 Å². The first-order chi connectivity index (χ1) is 16.1.